The summed E-state index contributed by atoms with van der Waals surface area (Å²) in [7, 11) is -1.15. The van der Waals surface area contributed by atoms with E-state index in [9.17, 15) is 26.4 Å². The van der Waals surface area contributed by atoms with Gasteiger partial charge in [-0.05, 0) is 32.7 Å². The number of rotatable bonds is 4. The van der Waals surface area contributed by atoms with Crippen molar-refractivity contribution in [2.75, 3.05) is 39.8 Å². The molecule has 1 amide bonds. The molecule has 1 spiro atoms. The van der Waals surface area contributed by atoms with Gasteiger partial charge in [0.05, 0.1) is 5.25 Å². The van der Waals surface area contributed by atoms with Gasteiger partial charge in [0.1, 0.15) is 5.54 Å². The third-order valence-corrected chi connectivity index (χ3v) is 7.97. The molecule has 166 valence electrons. The number of carbonyl (C=O) groups excluding carboxylic acids is 1. The zero-order chi connectivity index (χ0) is 22.0. The number of hydrogen-bond acceptors (Lipinski definition) is 5. The van der Waals surface area contributed by atoms with Crippen molar-refractivity contribution in [3.63, 3.8) is 0 Å². The lowest BCUT2D eigenvalue weighted by Crippen LogP contribution is -2.68. The molecule has 0 unspecified atom stereocenters. The van der Waals surface area contributed by atoms with Gasteiger partial charge in [-0.3, -0.25) is 9.69 Å². The van der Waals surface area contributed by atoms with Crippen molar-refractivity contribution in [2.24, 2.45) is 0 Å². The number of carboxylic acid groups (broad SMARTS) is 1. The van der Waals surface area contributed by atoms with Gasteiger partial charge in [-0.1, -0.05) is 6.08 Å². The molecule has 12 heteroatoms. The molecule has 0 radical (unpaired) electrons. The second kappa shape index (κ2) is 8.60. The number of piperazine rings is 1. The highest BCUT2D eigenvalue weighted by Crippen LogP contribution is 2.37. The van der Waals surface area contributed by atoms with E-state index in [1.165, 1.54) is 0 Å². The molecule has 1 N–H and O–H groups in total. The smallest absolute Gasteiger partial charge is 0.475 e. The largest absolute Gasteiger partial charge is 0.490 e. The summed E-state index contributed by atoms with van der Waals surface area (Å²) in [6, 6.07) is 0. The number of halogens is 3. The number of likely N-dealkylation sites (N-methyl/N-ethyl adjacent to an activating group) is 1. The molecule has 3 aliphatic rings. The number of alkyl halides is 3. The molecule has 2 saturated heterocycles. The van der Waals surface area contributed by atoms with Crippen molar-refractivity contribution in [1.29, 1.82) is 0 Å². The second-order valence-electron chi connectivity index (χ2n) is 7.44. The van der Waals surface area contributed by atoms with Gasteiger partial charge in [-0.15, -0.1) is 6.58 Å². The molecule has 2 heterocycles. The summed E-state index contributed by atoms with van der Waals surface area (Å²) in [5, 5.41) is 6.96. The minimum Gasteiger partial charge on any atom is -0.475 e. The van der Waals surface area contributed by atoms with Crippen LogP contribution in [0.5, 0.6) is 0 Å². The zero-order valence-corrected chi connectivity index (χ0v) is 17.0. The van der Waals surface area contributed by atoms with E-state index in [2.05, 4.69) is 11.5 Å². The first-order chi connectivity index (χ1) is 13.4. The third-order valence-electron chi connectivity index (χ3n) is 5.57. The zero-order valence-electron chi connectivity index (χ0n) is 16.2. The van der Waals surface area contributed by atoms with Crippen LogP contribution in [0.25, 0.3) is 0 Å². The van der Waals surface area contributed by atoms with E-state index in [-0.39, 0.29) is 11.2 Å². The summed E-state index contributed by atoms with van der Waals surface area (Å²) in [6.45, 7) is 6.74. The molecule has 0 bridgehead atoms. The second-order valence-corrected chi connectivity index (χ2v) is 9.65. The van der Waals surface area contributed by atoms with Gasteiger partial charge < -0.3 is 10.0 Å². The summed E-state index contributed by atoms with van der Waals surface area (Å²) in [5.41, 5.74) is -0.531. The Balaban J connectivity index is 0.000000370. The quantitative estimate of drug-likeness (QED) is 0.652. The summed E-state index contributed by atoms with van der Waals surface area (Å²) in [4.78, 5) is 25.7. The maximum Gasteiger partial charge on any atom is 0.490 e. The first-order valence-electron chi connectivity index (χ1n) is 9.27. The summed E-state index contributed by atoms with van der Waals surface area (Å²) in [6.07, 6.45) is -0.584. The number of carboxylic acids is 1. The molecule has 0 aromatic carbocycles. The van der Waals surface area contributed by atoms with E-state index in [1.807, 2.05) is 11.9 Å². The summed E-state index contributed by atoms with van der Waals surface area (Å²) >= 11 is 0. The lowest BCUT2D eigenvalue weighted by atomic mass is 9.83. The fourth-order valence-corrected chi connectivity index (χ4v) is 5.50. The number of hydrogen-bond donors (Lipinski definition) is 1. The van der Waals surface area contributed by atoms with Crippen LogP contribution in [0.4, 0.5) is 13.2 Å². The highest BCUT2D eigenvalue weighted by atomic mass is 32.2. The van der Waals surface area contributed by atoms with Crippen LogP contribution in [0.1, 0.15) is 25.7 Å². The fraction of sp³-hybridized carbons (Fsp3) is 0.765. The van der Waals surface area contributed by atoms with Gasteiger partial charge in [0, 0.05) is 32.7 Å². The Kier molecular flexibility index (Phi) is 7.01. The van der Waals surface area contributed by atoms with E-state index in [1.54, 1.807) is 10.4 Å². The van der Waals surface area contributed by atoms with Crippen LogP contribution in [-0.4, -0.2) is 96.2 Å². The van der Waals surface area contributed by atoms with Crippen LogP contribution >= 0.6 is 0 Å². The van der Waals surface area contributed by atoms with Crippen LogP contribution in [-0.2, 0) is 19.6 Å². The number of nitrogens with zero attached hydrogens (tertiary/aromatic N) is 3. The van der Waals surface area contributed by atoms with Crippen molar-refractivity contribution in [1.82, 2.24) is 14.1 Å². The minimum absolute atomic E-state index is 0.129. The molecule has 3 fully saturated rings. The number of sulfonamides is 1. The topological polar surface area (TPSA) is 98.2 Å². The standard InChI is InChI=1S/C15H25N3O3S.C2HF3O2/c1-3-8-17-12-11-16(2)15(14(17)19)6-9-18(10-7-15)22(20,21)13-4-5-13;3-2(4,5)1(6)7/h3,13H,1,4-12H2,2H3;(H,6,7). The summed E-state index contributed by atoms with van der Waals surface area (Å²) in [5.74, 6) is -2.63. The normalized spacial score (nSPS) is 23.4. The van der Waals surface area contributed by atoms with E-state index in [4.69, 9.17) is 9.90 Å². The van der Waals surface area contributed by atoms with Gasteiger partial charge in [-0.2, -0.15) is 13.2 Å². The van der Waals surface area contributed by atoms with Gasteiger partial charge >= 0.3 is 12.1 Å². The molecular formula is C17H26F3N3O5S. The monoisotopic (exact) mass is 441 g/mol. The third kappa shape index (κ3) is 5.10. The molecule has 0 aromatic rings. The molecule has 2 aliphatic heterocycles. The van der Waals surface area contributed by atoms with E-state index < -0.39 is 27.7 Å². The van der Waals surface area contributed by atoms with Crippen LogP contribution in [0.15, 0.2) is 12.7 Å². The van der Waals surface area contributed by atoms with Gasteiger partial charge in [-0.25, -0.2) is 17.5 Å². The van der Waals surface area contributed by atoms with E-state index in [0.29, 0.717) is 39.0 Å². The lowest BCUT2D eigenvalue weighted by molar-refractivity contribution is -0.192. The SMILES string of the molecule is C=CCN1CCN(C)C2(CCN(S(=O)(=O)C3CC3)CC2)C1=O.O=C(O)C(F)(F)F. The van der Waals surface area contributed by atoms with Gasteiger partial charge in [0.25, 0.3) is 0 Å². The number of aliphatic carboxylic acids is 1. The number of amides is 1. The maximum atomic E-state index is 12.9. The predicted octanol–water partition coefficient (Wildman–Crippen LogP) is 0.907. The lowest BCUT2D eigenvalue weighted by Gasteiger charge is -2.51. The fourth-order valence-electron chi connectivity index (χ4n) is 3.66. The molecule has 3 rings (SSSR count). The van der Waals surface area contributed by atoms with Crippen LogP contribution < -0.4 is 0 Å². The van der Waals surface area contributed by atoms with Crippen molar-refractivity contribution < 1.29 is 36.3 Å². The highest BCUT2D eigenvalue weighted by molar-refractivity contribution is 7.90. The maximum absolute atomic E-state index is 12.9. The van der Waals surface area contributed by atoms with Crippen LogP contribution in [0.3, 0.4) is 0 Å². The van der Waals surface area contributed by atoms with Gasteiger partial charge in [0.2, 0.25) is 15.9 Å². The average molecular weight is 441 g/mol. The molecule has 1 aliphatic carbocycles. The average Bonchev–Trinajstić information content (AvgIpc) is 3.48. The number of carbonyl (C=O) groups is 2. The molecule has 29 heavy (non-hydrogen) atoms. The minimum atomic E-state index is -5.08. The Morgan fingerprint density at radius 3 is 2.17 bits per heavy atom. The summed E-state index contributed by atoms with van der Waals surface area (Å²) < 4.78 is 58.0. The Hall–Kier alpha value is -1.66. The first kappa shape index (κ1) is 23.6. The van der Waals surface area contributed by atoms with Crippen molar-refractivity contribution >= 4 is 21.9 Å². The Morgan fingerprint density at radius 1 is 1.24 bits per heavy atom. The van der Waals surface area contributed by atoms with Crippen molar-refractivity contribution in [3.8, 4) is 0 Å². The van der Waals surface area contributed by atoms with Crippen LogP contribution in [0.2, 0.25) is 0 Å². The van der Waals surface area contributed by atoms with E-state index >= 15 is 0 Å². The van der Waals surface area contributed by atoms with Crippen LogP contribution in [0, 0.1) is 0 Å². The Morgan fingerprint density at radius 2 is 1.76 bits per heavy atom. The number of piperidine rings is 1. The first-order valence-corrected chi connectivity index (χ1v) is 10.8. The Bertz CT molecular complexity index is 744. The van der Waals surface area contributed by atoms with E-state index in [0.717, 1.165) is 19.4 Å². The van der Waals surface area contributed by atoms with Gasteiger partial charge in [0.15, 0.2) is 0 Å². The molecule has 0 aromatic heterocycles. The predicted molar refractivity (Wildman–Crippen MR) is 98.6 cm³/mol. The molecule has 8 nitrogen and oxygen atoms in total. The van der Waals surface area contributed by atoms with Crippen molar-refractivity contribution in [2.45, 2.75) is 42.6 Å². The Labute approximate surface area is 168 Å². The highest BCUT2D eigenvalue weighted by Gasteiger charge is 2.51. The van der Waals surface area contributed by atoms with Crippen molar-refractivity contribution in [3.05, 3.63) is 12.7 Å². The molecular weight excluding hydrogens is 415 g/mol. The molecule has 0 atom stereocenters. The molecule has 1 saturated carbocycles.